The molecule has 1 unspecified atom stereocenters. The highest BCUT2D eigenvalue weighted by Crippen LogP contribution is 2.31. The molecular formula is C19H20IN5O2. The van der Waals surface area contributed by atoms with E-state index >= 15 is 0 Å². The summed E-state index contributed by atoms with van der Waals surface area (Å²) in [4.78, 5) is 23.8. The Kier molecular flexibility index (Phi) is 4.98. The van der Waals surface area contributed by atoms with Crippen molar-refractivity contribution in [3.05, 3.63) is 51.1 Å². The van der Waals surface area contributed by atoms with Gasteiger partial charge < -0.3 is 9.64 Å². The molecule has 0 aliphatic carbocycles. The van der Waals surface area contributed by atoms with Gasteiger partial charge in [0.05, 0.1) is 18.4 Å². The Hall–Kier alpha value is -2.23. The van der Waals surface area contributed by atoms with Gasteiger partial charge in [-0.1, -0.05) is 6.07 Å². The molecule has 1 aromatic carbocycles. The van der Waals surface area contributed by atoms with E-state index in [1.165, 1.54) is 6.33 Å². The van der Waals surface area contributed by atoms with Gasteiger partial charge in [0, 0.05) is 28.3 Å². The molecule has 2 aromatic heterocycles. The lowest BCUT2D eigenvalue weighted by Crippen LogP contribution is -2.40. The van der Waals surface area contributed by atoms with Crippen LogP contribution in [-0.2, 0) is 0 Å². The van der Waals surface area contributed by atoms with E-state index in [4.69, 9.17) is 4.74 Å². The molecule has 1 amide bonds. The standard InChI is InChI=1S/C19H20IN5O2/c1-12-9-15(25-19(23-12)21-11-22-25)13-5-4-8-24(10-13)18(26)17-14(20)6-3-7-16(17)27-2/h3,6-7,9,11,13H,4-5,8,10H2,1-2H3. The van der Waals surface area contributed by atoms with Gasteiger partial charge in [0.25, 0.3) is 11.7 Å². The number of methoxy groups -OCH3 is 1. The normalized spacial score (nSPS) is 17.3. The topological polar surface area (TPSA) is 72.6 Å². The highest BCUT2D eigenvalue weighted by molar-refractivity contribution is 14.1. The summed E-state index contributed by atoms with van der Waals surface area (Å²) in [7, 11) is 1.60. The second kappa shape index (κ2) is 7.41. The third kappa shape index (κ3) is 3.38. The number of piperidine rings is 1. The molecule has 140 valence electrons. The number of aryl methyl sites for hydroxylation is 1. The largest absolute Gasteiger partial charge is 0.496 e. The number of fused-ring (bicyclic) bond motifs is 1. The molecule has 0 saturated carbocycles. The van der Waals surface area contributed by atoms with Crippen LogP contribution in [0.3, 0.4) is 0 Å². The minimum atomic E-state index is 0.0159. The quantitative estimate of drug-likeness (QED) is 0.543. The molecule has 3 heterocycles. The Morgan fingerprint density at radius 2 is 2.22 bits per heavy atom. The number of carbonyl (C=O) groups excluding carboxylic acids is 1. The van der Waals surface area contributed by atoms with Crippen LogP contribution in [0.4, 0.5) is 0 Å². The average Bonchev–Trinajstić information content (AvgIpc) is 3.15. The lowest BCUT2D eigenvalue weighted by molar-refractivity contribution is 0.0700. The second-order valence-electron chi connectivity index (χ2n) is 6.70. The predicted molar refractivity (Wildman–Crippen MR) is 109 cm³/mol. The number of aromatic nitrogens is 4. The van der Waals surface area contributed by atoms with E-state index in [0.717, 1.165) is 34.3 Å². The summed E-state index contributed by atoms with van der Waals surface area (Å²) in [5.74, 6) is 1.43. The van der Waals surface area contributed by atoms with Gasteiger partial charge in [-0.15, -0.1) is 0 Å². The van der Waals surface area contributed by atoms with E-state index in [1.54, 1.807) is 11.6 Å². The molecule has 7 nitrogen and oxygen atoms in total. The molecule has 3 aromatic rings. The molecular weight excluding hydrogens is 457 g/mol. The molecule has 8 heteroatoms. The number of benzene rings is 1. The number of halogens is 1. The van der Waals surface area contributed by atoms with Gasteiger partial charge in [0.2, 0.25) is 0 Å². The number of rotatable bonds is 3. The number of nitrogens with zero attached hydrogens (tertiary/aromatic N) is 5. The molecule has 27 heavy (non-hydrogen) atoms. The lowest BCUT2D eigenvalue weighted by Gasteiger charge is -2.33. The summed E-state index contributed by atoms with van der Waals surface area (Å²) >= 11 is 2.19. The maximum absolute atomic E-state index is 13.3. The summed E-state index contributed by atoms with van der Waals surface area (Å²) < 4.78 is 8.12. The molecule has 1 fully saturated rings. The molecule has 1 atom stereocenters. The lowest BCUT2D eigenvalue weighted by atomic mass is 9.93. The zero-order chi connectivity index (χ0) is 19.0. The monoisotopic (exact) mass is 477 g/mol. The third-order valence-corrected chi connectivity index (χ3v) is 5.84. The smallest absolute Gasteiger partial charge is 0.258 e. The van der Waals surface area contributed by atoms with Crippen LogP contribution < -0.4 is 4.74 Å². The first-order valence-electron chi connectivity index (χ1n) is 8.87. The van der Waals surface area contributed by atoms with Gasteiger partial charge in [-0.05, 0) is 60.6 Å². The van der Waals surface area contributed by atoms with Crippen LogP contribution in [0.15, 0.2) is 30.6 Å². The Bertz CT molecular complexity index is 1000. The highest BCUT2D eigenvalue weighted by Gasteiger charge is 2.29. The molecule has 0 bridgehead atoms. The van der Waals surface area contributed by atoms with Crippen molar-refractivity contribution in [3.8, 4) is 5.75 Å². The number of hydrogen-bond donors (Lipinski definition) is 0. The number of hydrogen-bond acceptors (Lipinski definition) is 5. The Morgan fingerprint density at radius 1 is 1.37 bits per heavy atom. The fraction of sp³-hybridized carbons (Fsp3) is 0.368. The van der Waals surface area contributed by atoms with Crippen molar-refractivity contribution in [2.75, 3.05) is 20.2 Å². The molecule has 1 aliphatic rings. The van der Waals surface area contributed by atoms with Crippen molar-refractivity contribution in [2.45, 2.75) is 25.7 Å². The SMILES string of the molecule is COc1cccc(I)c1C(=O)N1CCCC(c2cc(C)nc3ncnn23)C1. The zero-order valence-electron chi connectivity index (χ0n) is 15.2. The van der Waals surface area contributed by atoms with Crippen LogP contribution in [0.1, 0.15) is 40.5 Å². The fourth-order valence-corrected chi connectivity index (χ4v) is 4.40. The van der Waals surface area contributed by atoms with Crippen molar-refractivity contribution in [2.24, 2.45) is 0 Å². The summed E-state index contributed by atoms with van der Waals surface area (Å²) in [6.07, 6.45) is 3.47. The van der Waals surface area contributed by atoms with E-state index in [0.29, 0.717) is 23.6 Å². The summed E-state index contributed by atoms with van der Waals surface area (Å²) in [6, 6.07) is 7.72. The molecule has 0 spiro atoms. The van der Waals surface area contributed by atoms with Crippen molar-refractivity contribution < 1.29 is 9.53 Å². The van der Waals surface area contributed by atoms with Gasteiger partial charge in [-0.2, -0.15) is 10.1 Å². The summed E-state index contributed by atoms with van der Waals surface area (Å²) in [5, 5.41) is 4.32. The average molecular weight is 477 g/mol. The van der Waals surface area contributed by atoms with E-state index in [9.17, 15) is 4.79 Å². The van der Waals surface area contributed by atoms with Crippen molar-refractivity contribution in [3.63, 3.8) is 0 Å². The zero-order valence-corrected chi connectivity index (χ0v) is 17.4. The Morgan fingerprint density at radius 3 is 3.04 bits per heavy atom. The van der Waals surface area contributed by atoms with E-state index in [1.807, 2.05) is 36.1 Å². The molecule has 0 radical (unpaired) electrons. The number of ether oxygens (including phenoxy) is 1. The van der Waals surface area contributed by atoms with Gasteiger partial charge in [0.1, 0.15) is 12.1 Å². The van der Waals surface area contributed by atoms with Crippen molar-refractivity contribution >= 4 is 34.3 Å². The number of amides is 1. The van der Waals surface area contributed by atoms with Crippen LogP contribution in [0.2, 0.25) is 0 Å². The van der Waals surface area contributed by atoms with E-state index in [2.05, 4.69) is 37.7 Å². The maximum Gasteiger partial charge on any atom is 0.258 e. The predicted octanol–water partition coefficient (Wildman–Crippen LogP) is 3.07. The highest BCUT2D eigenvalue weighted by atomic mass is 127. The van der Waals surface area contributed by atoms with Crippen molar-refractivity contribution in [1.82, 2.24) is 24.5 Å². The summed E-state index contributed by atoms with van der Waals surface area (Å²) in [5.41, 5.74) is 2.61. The van der Waals surface area contributed by atoms with Gasteiger partial charge in [0.15, 0.2) is 0 Å². The first-order chi connectivity index (χ1) is 13.1. The minimum absolute atomic E-state index is 0.0159. The van der Waals surface area contributed by atoms with Crippen LogP contribution in [0.5, 0.6) is 5.75 Å². The minimum Gasteiger partial charge on any atom is -0.496 e. The van der Waals surface area contributed by atoms with E-state index in [-0.39, 0.29) is 11.8 Å². The van der Waals surface area contributed by atoms with Crippen LogP contribution in [-0.4, -0.2) is 50.6 Å². The maximum atomic E-state index is 13.3. The second-order valence-corrected chi connectivity index (χ2v) is 7.86. The third-order valence-electron chi connectivity index (χ3n) is 4.94. The summed E-state index contributed by atoms with van der Waals surface area (Å²) in [6.45, 7) is 3.35. The molecule has 4 rings (SSSR count). The van der Waals surface area contributed by atoms with Crippen LogP contribution in [0, 0.1) is 10.5 Å². The number of carbonyl (C=O) groups is 1. The molecule has 1 aliphatic heterocycles. The Balaban J connectivity index is 1.65. The van der Waals surface area contributed by atoms with Gasteiger partial charge in [-0.25, -0.2) is 9.50 Å². The fourth-order valence-electron chi connectivity index (χ4n) is 3.69. The van der Waals surface area contributed by atoms with Crippen LogP contribution >= 0.6 is 22.6 Å². The van der Waals surface area contributed by atoms with Gasteiger partial charge >= 0.3 is 0 Å². The van der Waals surface area contributed by atoms with Crippen LogP contribution in [0.25, 0.3) is 5.78 Å². The first kappa shape index (κ1) is 18.1. The molecule has 1 saturated heterocycles. The van der Waals surface area contributed by atoms with Gasteiger partial charge in [-0.3, -0.25) is 4.79 Å². The first-order valence-corrected chi connectivity index (χ1v) is 9.95. The molecule has 0 N–H and O–H groups in total. The Labute approximate surface area is 170 Å². The van der Waals surface area contributed by atoms with Crippen molar-refractivity contribution in [1.29, 1.82) is 0 Å². The number of likely N-dealkylation sites (tertiary alicyclic amines) is 1. The van der Waals surface area contributed by atoms with E-state index < -0.39 is 0 Å².